The van der Waals surface area contributed by atoms with Crippen molar-refractivity contribution < 1.29 is 4.79 Å². The van der Waals surface area contributed by atoms with Crippen LogP contribution in [0.25, 0.3) is 27.6 Å². The largest absolute Gasteiger partial charge is 0.358 e. The lowest BCUT2D eigenvalue weighted by Crippen LogP contribution is -2.23. The summed E-state index contributed by atoms with van der Waals surface area (Å²) in [5.41, 5.74) is 3.82. The zero-order chi connectivity index (χ0) is 22.2. The summed E-state index contributed by atoms with van der Waals surface area (Å²) in [5, 5.41) is 1.86. The third-order valence-electron chi connectivity index (χ3n) is 5.38. The minimum Gasteiger partial charge on any atom is -0.358 e. The number of hydrogen-bond donors (Lipinski definition) is 1. The Morgan fingerprint density at radius 1 is 1.03 bits per heavy atom. The predicted molar refractivity (Wildman–Crippen MR) is 128 cm³/mol. The first-order valence-electron chi connectivity index (χ1n) is 10.2. The van der Waals surface area contributed by atoms with Crippen LogP contribution in [0, 0.1) is 13.8 Å². The molecule has 0 atom stereocenters. The molecule has 6 nitrogen and oxygen atoms in total. The number of aromatic nitrogens is 4. The molecule has 2 aromatic carbocycles. The Hall–Kier alpha value is -3.71. The molecule has 3 heterocycles. The van der Waals surface area contributed by atoms with Crippen LogP contribution in [0.5, 0.6) is 0 Å². The molecule has 0 saturated carbocycles. The smallest absolute Gasteiger partial charge is 0.267 e. The van der Waals surface area contributed by atoms with Gasteiger partial charge >= 0.3 is 0 Å². The van der Waals surface area contributed by atoms with E-state index in [1.807, 2.05) is 62.4 Å². The fourth-order valence-corrected chi connectivity index (χ4v) is 4.76. The molecule has 0 fully saturated rings. The van der Waals surface area contributed by atoms with Gasteiger partial charge in [0.1, 0.15) is 5.82 Å². The number of aromatic amines is 1. The highest BCUT2D eigenvalue weighted by molar-refractivity contribution is 7.99. The first kappa shape index (κ1) is 20.2. The second kappa shape index (κ2) is 8.09. The van der Waals surface area contributed by atoms with E-state index in [1.54, 1.807) is 18.3 Å². The summed E-state index contributed by atoms with van der Waals surface area (Å²) in [5.74, 6) is 0.627. The van der Waals surface area contributed by atoms with Crippen molar-refractivity contribution in [1.29, 1.82) is 0 Å². The highest BCUT2D eigenvalue weighted by atomic mass is 32.2. The van der Waals surface area contributed by atoms with Gasteiger partial charge in [-0.2, -0.15) is 0 Å². The van der Waals surface area contributed by atoms with Crippen LogP contribution in [0.4, 0.5) is 0 Å². The average Bonchev–Trinajstić information content (AvgIpc) is 3.13. The third-order valence-corrected chi connectivity index (χ3v) is 6.32. The maximum Gasteiger partial charge on any atom is 0.267 e. The predicted octanol–water partition coefficient (Wildman–Crippen LogP) is 4.85. The molecular formula is C25H20N4O2S. The number of fused-ring (bicyclic) bond motifs is 2. The molecule has 5 rings (SSSR count). The van der Waals surface area contributed by atoms with Crippen LogP contribution in [0.1, 0.15) is 21.6 Å². The summed E-state index contributed by atoms with van der Waals surface area (Å²) in [6.07, 6.45) is 1.67. The lowest BCUT2D eigenvalue weighted by atomic mass is 10.1. The summed E-state index contributed by atoms with van der Waals surface area (Å²) in [6, 6.07) is 18.7. The van der Waals surface area contributed by atoms with Crippen LogP contribution in [0.15, 0.2) is 76.8 Å². The monoisotopic (exact) mass is 440 g/mol. The molecule has 3 aromatic heterocycles. The van der Waals surface area contributed by atoms with E-state index in [4.69, 9.17) is 4.98 Å². The SMILES string of the molecule is Cc1ccnc(-n2c(SCC(=O)c3c(C)[nH]c4ccccc34)nc3ccccc3c2=O)c1. The molecule has 5 aromatic rings. The van der Waals surface area contributed by atoms with Crippen molar-refractivity contribution in [3.8, 4) is 5.82 Å². The number of nitrogens with zero attached hydrogens (tertiary/aromatic N) is 3. The summed E-state index contributed by atoms with van der Waals surface area (Å²) in [6.45, 7) is 3.85. The molecular weight excluding hydrogens is 420 g/mol. The highest BCUT2D eigenvalue weighted by Gasteiger charge is 2.19. The topological polar surface area (TPSA) is 80.6 Å². The number of carbonyl (C=O) groups is 1. The van der Waals surface area contributed by atoms with Gasteiger partial charge in [0.2, 0.25) is 0 Å². The molecule has 0 aliphatic heterocycles. The van der Waals surface area contributed by atoms with Crippen molar-refractivity contribution in [3.63, 3.8) is 0 Å². The van der Waals surface area contributed by atoms with Gasteiger partial charge in [-0.05, 0) is 49.7 Å². The summed E-state index contributed by atoms with van der Waals surface area (Å²) < 4.78 is 1.50. The van der Waals surface area contributed by atoms with Crippen molar-refractivity contribution in [2.24, 2.45) is 0 Å². The molecule has 0 aliphatic carbocycles. The molecule has 0 saturated heterocycles. The maximum atomic E-state index is 13.3. The Morgan fingerprint density at radius 2 is 1.78 bits per heavy atom. The second-order valence-electron chi connectivity index (χ2n) is 7.63. The Kier molecular flexibility index (Phi) is 5.11. The van der Waals surface area contributed by atoms with Crippen LogP contribution < -0.4 is 5.56 Å². The first-order valence-corrected chi connectivity index (χ1v) is 11.2. The average molecular weight is 441 g/mol. The Labute approximate surface area is 188 Å². The molecule has 0 radical (unpaired) electrons. The van der Waals surface area contributed by atoms with Crippen molar-refractivity contribution >= 4 is 39.4 Å². The van der Waals surface area contributed by atoms with Crippen molar-refractivity contribution in [2.45, 2.75) is 19.0 Å². The standard InChI is InChI=1S/C25H20N4O2S/c1-15-11-12-26-22(13-15)29-24(31)18-8-4-6-10-20(18)28-25(29)32-14-21(30)23-16(2)27-19-9-5-3-7-17(19)23/h3-13,27H,14H2,1-2H3. The van der Waals surface area contributed by atoms with E-state index in [9.17, 15) is 9.59 Å². The summed E-state index contributed by atoms with van der Waals surface area (Å²) >= 11 is 1.25. The minimum absolute atomic E-state index is 0.0175. The van der Waals surface area contributed by atoms with Crippen LogP contribution in [0.2, 0.25) is 0 Å². The summed E-state index contributed by atoms with van der Waals surface area (Å²) in [7, 11) is 0. The van der Waals surface area contributed by atoms with Gasteiger partial charge in [-0.15, -0.1) is 0 Å². The second-order valence-corrected chi connectivity index (χ2v) is 8.57. The number of pyridine rings is 1. The molecule has 158 valence electrons. The Morgan fingerprint density at radius 3 is 2.59 bits per heavy atom. The number of para-hydroxylation sites is 2. The lowest BCUT2D eigenvalue weighted by molar-refractivity contribution is 0.102. The van der Waals surface area contributed by atoms with E-state index < -0.39 is 0 Å². The van der Waals surface area contributed by atoms with E-state index in [1.165, 1.54) is 16.3 Å². The number of hydrogen-bond acceptors (Lipinski definition) is 5. The van der Waals surface area contributed by atoms with Gasteiger partial charge in [0, 0.05) is 28.4 Å². The van der Waals surface area contributed by atoms with Crippen molar-refractivity contribution in [2.75, 3.05) is 5.75 Å². The molecule has 32 heavy (non-hydrogen) atoms. The number of carbonyl (C=O) groups excluding carboxylic acids is 1. The number of nitrogens with one attached hydrogen (secondary N) is 1. The molecule has 7 heteroatoms. The van der Waals surface area contributed by atoms with Crippen molar-refractivity contribution in [3.05, 3.63) is 94.0 Å². The molecule has 0 amide bonds. The van der Waals surface area contributed by atoms with E-state index in [0.29, 0.717) is 27.4 Å². The molecule has 1 N–H and O–H groups in total. The third kappa shape index (κ3) is 3.50. The number of Topliss-reactive ketones (excluding diaryl/α,β-unsaturated/α-hetero) is 1. The molecule has 0 unspecified atom stereocenters. The van der Waals surface area contributed by atoms with E-state index >= 15 is 0 Å². The van der Waals surface area contributed by atoms with E-state index in [2.05, 4.69) is 9.97 Å². The number of thioether (sulfide) groups is 1. The zero-order valence-corrected chi connectivity index (χ0v) is 18.4. The van der Waals surface area contributed by atoms with Crippen LogP contribution >= 0.6 is 11.8 Å². The Bertz CT molecular complexity index is 1550. The fourth-order valence-electron chi connectivity index (χ4n) is 3.89. The van der Waals surface area contributed by atoms with E-state index in [0.717, 1.165) is 22.2 Å². The first-order chi connectivity index (χ1) is 15.5. The van der Waals surface area contributed by atoms with Crippen LogP contribution in [0.3, 0.4) is 0 Å². The number of H-pyrrole nitrogens is 1. The normalized spacial score (nSPS) is 11.3. The maximum absolute atomic E-state index is 13.3. The van der Waals surface area contributed by atoms with Crippen molar-refractivity contribution in [1.82, 2.24) is 19.5 Å². The van der Waals surface area contributed by atoms with Gasteiger partial charge in [0.25, 0.3) is 5.56 Å². The van der Waals surface area contributed by atoms with Crippen LogP contribution in [-0.2, 0) is 0 Å². The van der Waals surface area contributed by atoms with Gasteiger partial charge in [-0.3, -0.25) is 9.59 Å². The zero-order valence-electron chi connectivity index (χ0n) is 17.6. The van der Waals surface area contributed by atoms with Gasteiger partial charge in [0.05, 0.1) is 16.7 Å². The Balaban J connectivity index is 1.58. The number of aryl methyl sites for hydroxylation is 2. The van der Waals surface area contributed by atoms with Gasteiger partial charge < -0.3 is 4.98 Å². The highest BCUT2D eigenvalue weighted by Crippen LogP contribution is 2.26. The van der Waals surface area contributed by atoms with Crippen LogP contribution in [-0.4, -0.2) is 31.1 Å². The lowest BCUT2D eigenvalue weighted by Gasteiger charge is -2.12. The van der Waals surface area contributed by atoms with Gasteiger partial charge in [-0.1, -0.05) is 42.1 Å². The number of rotatable bonds is 5. The molecule has 0 spiro atoms. The van der Waals surface area contributed by atoms with Gasteiger partial charge in [-0.25, -0.2) is 14.5 Å². The van der Waals surface area contributed by atoms with E-state index in [-0.39, 0.29) is 17.1 Å². The minimum atomic E-state index is -0.202. The number of ketones is 1. The molecule has 0 aliphatic rings. The number of benzene rings is 2. The molecule has 0 bridgehead atoms. The van der Waals surface area contributed by atoms with Gasteiger partial charge in [0.15, 0.2) is 10.9 Å². The summed E-state index contributed by atoms with van der Waals surface area (Å²) in [4.78, 5) is 38.9. The quantitative estimate of drug-likeness (QED) is 0.240. The fraction of sp³-hybridized carbons (Fsp3) is 0.120.